The van der Waals surface area contributed by atoms with Crippen LogP contribution in [0.2, 0.25) is 0 Å². The summed E-state index contributed by atoms with van der Waals surface area (Å²) in [6.45, 7) is 9.27. The normalized spacial score (nSPS) is 23.7. The van der Waals surface area contributed by atoms with Crippen molar-refractivity contribution in [3.8, 4) is 0 Å². The number of allylic oxidation sites excluding steroid dienone is 1. The number of nitrogens with zero attached hydrogens (tertiary/aromatic N) is 3. The van der Waals surface area contributed by atoms with Gasteiger partial charge in [0.05, 0.1) is 36.6 Å². The summed E-state index contributed by atoms with van der Waals surface area (Å²) in [7, 11) is 1.69. The highest BCUT2D eigenvalue weighted by Gasteiger charge is 2.76. The number of benzene rings is 4. The van der Waals surface area contributed by atoms with Crippen LogP contribution in [-0.2, 0) is 35.1 Å². The Balaban J connectivity index is 1.27. The number of aliphatic hydroxyl groups excluding tert-OH is 1. The van der Waals surface area contributed by atoms with E-state index in [-0.39, 0.29) is 31.2 Å². The van der Waals surface area contributed by atoms with Crippen molar-refractivity contribution in [3.05, 3.63) is 140 Å². The zero-order valence-corrected chi connectivity index (χ0v) is 32.6. The first kappa shape index (κ1) is 39.6. The van der Waals surface area contributed by atoms with Crippen LogP contribution in [-0.4, -0.2) is 88.6 Å². The number of aliphatic hydroxyl groups is 1. The van der Waals surface area contributed by atoms with Crippen LogP contribution >= 0.6 is 0 Å². The number of amides is 3. The average Bonchev–Trinajstić information content (AvgIpc) is 3.90. The van der Waals surface area contributed by atoms with Gasteiger partial charge < -0.3 is 29.3 Å². The molecule has 0 unspecified atom stereocenters. The molecule has 3 aliphatic rings. The predicted octanol–water partition coefficient (Wildman–Crippen LogP) is 6.43. The van der Waals surface area contributed by atoms with Crippen molar-refractivity contribution in [2.75, 3.05) is 25.1 Å². The summed E-state index contributed by atoms with van der Waals surface area (Å²) in [5.41, 5.74) is 0.861. The molecule has 3 fully saturated rings. The van der Waals surface area contributed by atoms with E-state index in [9.17, 15) is 14.7 Å². The second kappa shape index (κ2) is 16.9. The predicted molar refractivity (Wildman–Crippen MR) is 219 cm³/mol. The Kier molecular flexibility index (Phi) is 11.7. The standard InChI is InChI=1S/C47H51N3O7/c1-5-7-22-39(52)48(4)31(3)42(34-19-12-9-13-20-34)56-46(55)40-38-25-26-47(57-38)41(40)44(53)50(37(30-51)28-32-16-10-8-11-17-32)43(47)45(54)49(27-6-2)36-24-23-33-18-14-15-21-35(33)29-36/h5-6,8-21,23-24,29,31,37-38,40-43,51H,1-2,7,22,25-28,30H2,3-4H3/t31-,37+,38-,40+,41+,42+,43-,47+/m0/s1. The molecule has 2 bridgehead atoms. The molecule has 4 aromatic carbocycles. The largest absolute Gasteiger partial charge is 0.455 e. The SMILES string of the molecule is C=CCCC(=O)N(C)[C@@H](C)[C@@H](OC(=O)[C@@H]1[C@@H]2CC[C@]3(O2)[C@H](C(=O)N(CC=C)c2ccc4ccccc4c2)N([C@@H](CO)Cc2ccccc2)C(=O)[C@@H]13)c1ccccc1. The smallest absolute Gasteiger partial charge is 0.313 e. The van der Waals surface area contributed by atoms with E-state index in [0.717, 1.165) is 16.3 Å². The first-order valence-corrected chi connectivity index (χ1v) is 19.8. The first-order valence-electron chi connectivity index (χ1n) is 19.8. The summed E-state index contributed by atoms with van der Waals surface area (Å²) in [6.07, 6.45) is 3.68. The van der Waals surface area contributed by atoms with Crippen molar-refractivity contribution in [1.82, 2.24) is 9.80 Å². The van der Waals surface area contributed by atoms with Crippen LogP contribution in [0, 0.1) is 11.8 Å². The third-order valence-corrected chi connectivity index (χ3v) is 12.2. The van der Waals surface area contributed by atoms with Crippen LogP contribution in [0.3, 0.4) is 0 Å². The molecule has 57 heavy (non-hydrogen) atoms. The number of carbonyl (C=O) groups excluding carboxylic acids is 4. The molecule has 0 saturated carbocycles. The fourth-order valence-corrected chi connectivity index (χ4v) is 9.24. The van der Waals surface area contributed by atoms with E-state index in [1.165, 1.54) is 4.90 Å². The van der Waals surface area contributed by atoms with Gasteiger partial charge in [-0.2, -0.15) is 0 Å². The molecule has 0 radical (unpaired) electrons. The minimum absolute atomic E-state index is 0.117. The van der Waals surface area contributed by atoms with E-state index < -0.39 is 66.3 Å². The van der Waals surface area contributed by atoms with Gasteiger partial charge in [0.25, 0.3) is 5.91 Å². The number of hydrogen-bond donors (Lipinski definition) is 1. The molecule has 10 heteroatoms. The van der Waals surface area contributed by atoms with Gasteiger partial charge in [0.2, 0.25) is 11.8 Å². The van der Waals surface area contributed by atoms with Gasteiger partial charge in [-0.3, -0.25) is 19.2 Å². The minimum Gasteiger partial charge on any atom is -0.455 e. The molecule has 3 heterocycles. The number of fused-ring (bicyclic) bond motifs is 2. The second-order valence-electron chi connectivity index (χ2n) is 15.4. The lowest BCUT2D eigenvalue weighted by atomic mass is 9.70. The highest BCUT2D eigenvalue weighted by atomic mass is 16.6. The molecular formula is C47H51N3O7. The molecule has 3 amide bonds. The molecule has 1 N–H and O–H groups in total. The third-order valence-electron chi connectivity index (χ3n) is 12.2. The molecule has 8 atom stereocenters. The molecule has 0 aromatic heterocycles. The van der Waals surface area contributed by atoms with E-state index in [1.54, 1.807) is 29.0 Å². The summed E-state index contributed by atoms with van der Waals surface area (Å²) in [4.78, 5) is 63.1. The van der Waals surface area contributed by atoms with Gasteiger partial charge in [0.1, 0.15) is 17.7 Å². The maximum atomic E-state index is 15.3. The van der Waals surface area contributed by atoms with Crippen LogP contribution in [0.1, 0.15) is 49.8 Å². The van der Waals surface area contributed by atoms with Gasteiger partial charge in [0, 0.05) is 25.7 Å². The minimum atomic E-state index is -1.35. The van der Waals surface area contributed by atoms with Gasteiger partial charge in [-0.1, -0.05) is 103 Å². The Bertz CT molecular complexity index is 2130. The molecule has 4 aromatic rings. The van der Waals surface area contributed by atoms with E-state index in [4.69, 9.17) is 9.47 Å². The zero-order valence-electron chi connectivity index (χ0n) is 32.6. The van der Waals surface area contributed by atoms with Gasteiger partial charge in [0.15, 0.2) is 0 Å². The van der Waals surface area contributed by atoms with Crippen molar-refractivity contribution in [3.63, 3.8) is 0 Å². The van der Waals surface area contributed by atoms with Crippen LogP contribution in [0.4, 0.5) is 5.69 Å². The number of likely N-dealkylation sites (tertiary alicyclic amines) is 1. The van der Waals surface area contributed by atoms with Gasteiger partial charge in [-0.05, 0) is 66.6 Å². The molecule has 3 aliphatic heterocycles. The molecular weight excluding hydrogens is 719 g/mol. The van der Waals surface area contributed by atoms with Crippen LogP contribution in [0.25, 0.3) is 10.8 Å². The molecule has 0 aliphatic carbocycles. The van der Waals surface area contributed by atoms with Gasteiger partial charge in [-0.25, -0.2) is 0 Å². The Labute approximate surface area is 334 Å². The lowest BCUT2D eigenvalue weighted by Gasteiger charge is -2.39. The molecule has 7 rings (SSSR count). The van der Waals surface area contributed by atoms with Crippen molar-refractivity contribution >= 4 is 40.2 Å². The number of rotatable bonds is 16. The molecule has 296 valence electrons. The quantitative estimate of drug-likeness (QED) is 0.103. The lowest BCUT2D eigenvalue weighted by Crippen LogP contribution is -2.59. The maximum absolute atomic E-state index is 15.3. The molecule has 3 saturated heterocycles. The fourth-order valence-electron chi connectivity index (χ4n) is 9.24. The highest BCUT2D eigenvalue weighted by Crippen LogP contribution is 2.59. The van der Waals surface area contributed by atoms with E-state index in [2.05, 4.69) is 13.2 Å². The van der Waals surface area contributed by atoms with Gasteiger partial charge >= 0.3 is 5.97 Å². The number of likely N-dealkylation sites (N-methyl/N-ethyl adjacent to an activating group) is 1. The monoisotopic (exact) mass is 769 g/mol. The van der Waals surface area contributed by atoms with Gasteiger partial charge in [-0.15, -0.1) is 13.2 Å². The summed E-state index contributed by atoms with van der Waals surface area (Å²) in [5, 5.41) is 13.0. The zero-order chi connectivity index (χ0) is 40.3. The Morgan fingerprint density at radius 2 is 1.65 bits per heavy atom. The van der Waals surface area contributed by atoms with E-state index in [0.29, 0.717) is 30.5 Å². The summed E-state index contributed by atoms with van der Waals surface area (Å²) < 4.78 is 13.2. The summed E-state index contributed by atoms with van der Waals surface area (Å²) >= 11 is 0. The first-order chi connectivity index (χ1) is 27.6. The van der Waals surface area contributed by atoms with E-state index >= 15 is 9.59 Å². The number of ether oxygens (including phenoxy) is 2. The Morgan fingerprint density at radius 3 is 2.33 bits per heavy atom. The van der Waals surface area contributed by atoms with Crippen LogP contribution in [0.5, 0.6) is 0 Å². The van der Waals surface area contributed by atoms with Crippen LogP contribution in [0.15, 0.2) is 128 Å². The van der Waals surface area contributed by atoms with Crippen molar-refractivity contribution < 1.29 is 33.8 Å². The third kappa shape index (κ3) is 7.40. The van der Waals surface area contributed by atoms with Crippen LogP contribution < -0.4 is 4.90 Å². The fraction of sp³-hybridized carbons (Fsp3) is 0.362. The number of carbonyl (C=O) groups is 4. The van der Waals surface area contributed by atoms with Crippen molar-refractivity contribution in [1.29, 1.82) is 0 Å². The van der Waals surface area contributed by atoms with Crippen molar-refractivity contribution in [2.24, 2.45) is 11.8 Å². The summed E-state index contributed by atoms with van der Waals surface area (Å²) in [5.74, 6) is -3.60. The topological polar surface area (TPSA) is 117 Å². The Morgan fingerprint density at radius 1 is 0.965 bits per heavy atom. The lowest BCUT2D eigenvalue weighted by molar-refractivity contribution is -0.165. The number of anilines is 1. The van der Waals surface area contributed by atoms with Crippen molar-refractivity contribution in [2.45, 2.75) is 75.0 Å². The van der Waals surface area contributed by atoms with E-state index in [1.807, 2.05) is 110 Å². The molecule has 1 spiro atoms. The highest BCUT2D eigenvalue weighted by molar-refractivity contribution is 6.05. The molecule has 10 nitrogen and oxygen atoms in total. The average molecular weight is 770 g/mol. The summed E-state index contributed by atoms with van der Waals surface area (Å²) in [6, 6.07) is 29.9. The second-order valence-corrected chi connectivity index (χ2v) is 15.4. The number of esters is 1. The Hall–Kier alpha value is -5.58. The maximum Gasteiger partial charge on any atom is 0.313 e. The number of hydrogen-bond acceptors (Lipinski definition) is 7.